The van der Waals surface area contributed by atoms with Gasteiger partial charge in [0.2, 0.25) is 0 Å². The van der Waals surface area contributed by atoms with E-state index < -0.39 is 0 Å². The van der Waals surface area contributed by atoms with E-state index in [0.717, 1.165) is 23.2 Å². The molecule has 0 saturated heterocycles. The predicted molar refractivity (Wildman–Crippen MR) is 111 cm³/mol. The van der Waals surface area contributed by atoms with Gasteiger partial charge in [0.25, 0.3) is 11.8 Å². The molecule has 0 aliphatic carbocycles. The molecule has 5 heteroatoms. The Kier molecular flexibility index (Phi) is 5.08. The molecule has 0 radical (unpaired) electrons. The molecule has 0 unspecified atom stereocenters. The molecule has 2 amide bonds. The minimum Gasteiger partial charge on any atom is -0.348 e. The Hall–Kier alpha value is -3.91. The normalized spacial score (nSPS) is 12.2. The van der Waals surface area contributed by atoms with Gasteiger partial charge in [0.05, 0.1) is 11.6 Å². The molecule has 3 aromatic rings. The minimum absolute atomic E-state index is 0.0110. The van der Waals surface area contributed by atoms with Crippen molar-refractivity contribution in [2.75, 3.05) is 11.4 Å². The van der Waals surface area contributed by atoms with Gasteiger partial charge in [0, 0.05) is 29.9 Å². The topological polar surface area (TPSA) is 73.2 Å². The van der Waals surface area contributed by atoms with Gasteiger partial charge in [-0.05, 0) is 60.0 Å². The Morgan fingerprint density at radius 2 is 1.72 bits per heavy atom. The van der Waals surface area contributed by atoms with Crippen LogP contribution in [-0.2, 0) is 13.0 Å². The Balaban J connectivity index is 1.47. The maximum Gasteiger partial charge on any atom is 0.258 e. The van der Waals surface area contributed by atoms with E-state index in [1.807, 2.05) is 54.6 Å². The fourth-order valence-electron chi connectivity index (χ4n) is 3.46. The molecule has 1 aliphatic rings. The van der Waals surface area contributed by atoms with Crippen molar-refractivity contribution < 1.29 is 9.59 Å². The number of nitriles is 1. The maximum absolute atomic E-state index is 12.9. The number of fused-ring (bicyclic) bond motifs is 1. The summed E-state index contributed by atoms with van der Waals surface area (Å²) in [5.41, 5.74) is 4.66. The first kappa shape index (κ1) is 18.5. The molecule has 142 valence electrons. The summed E-state index contributed by atoms with van der Waals surface area (Å²) >= 11 is 0. The summed E-state index contributed by atoms with van der Waals surface area (Å²) in [5, 5.41) is 11.7. The summed E-state index contributed by atoms with van der Waals surface area (Å²) in [6.45, 7) is 1.02. The number of benzene rings is 3. The highest BCUT2D eigenvalue weighted by atomic mass is 16.2. The molecule has 1 N–H and O–H groups in total. The zero-order chi connectivity index (χ0) is 20.2. The Morgan fingerprint density at radius 1 is 0.966 bits per heavy atom. The van der Waals surface area contributed by atoms with Crippen molar-refractivity contribution in [2.45, 2.75) is 13.0 Å². The second-order valence-corrected chi connectivity index (χ2v) is 6.91. The van der Waals surface area contributed by atoms with E-state index in [0.29, 0.717) is 29.8 Å². The number of hydrogen-bond acceptors (Lipinski definition) is 3. The van der Waals surface area contributed by atoms with Crippen molar-refractivity contribution in [1.29, 1.82) is 5.26 Å². The summed E-state index contributed by atoms with van der Waals surface area (Å²) in [6.07, 6.45) is 0.825. The van der Waals surface area contributed by atoms with E-state index in [2.05, 4.69) is 5.32 Å². The van der Waals surface area contributed by atoms with E-state index in [-0.39, 0.29) is 11.8 Å². The van der Waals surface area contributed by atoms with Gasteiger partial charge < -0.3 is 10.2 Å². The van der Waals surface area contributed by atoms with Crippen LogP contribution in [0.1, 0.15) is 37.4 Å². The molecule has 1 aliphatic heterocycles. The van der Waals surface area contributed by atoms with Crippen molar-refractivity contribution in [3.8, 4) is 6.07 Å². The van der Waals surface area contributed by atoms with Crippen LogP contribution in [0.4, 0.5) is 5.69 Å². The third-order valence-corrected chi connectivity index (χ3v) is 5.04. The fourth-order valence-corrected chi connectivity index (χ4v) is 3.46. The zero-order valence-corrected chi connectivity index (χ0v) is 15.8. The van der Waals surface area contributed by atoms with Crippen LogP contribution in [0, 0.1) is 11.3 Å². The van der Waals surface area contributed by atoms with E-state index in [4.69, 9.17) is 5.26 Å². The standard InChI is InChI=1S/C24H19N3O2/c25-15-17-6-10-20(11-7-17)23(28)26-16-18-8-9-19-12-13-27(22(19)14-18)24(29)21-4-2-1-3-5-21/h1-11,14H,12-13,16H2,(H,26,28). The number of amides is 2. The third-order valence-electron chi connectivity index (χ3n) is 5.04. The van der Waals surface area contributed by atoms with Gasteiger partial charge in [-0.3, -0.25) is 9.59 Å². The number of nitrogens with one attached hydrogen (secondary N) is 1. The molecule has 5 nitrogen and oxygen atoms in total. The molecule has 3 aromatic carbocycles. The average molecular weight is 381 g/mol. The monoisotopic (exact) mass is 381 g/mol. The van der Waals surface area contributed by atoms with Gasteiger partial charge >= 0.3 is 0 Å². The number of carbonyl (C=O) groups excluding carboxylic acids is 2. The molecular formula is C24H19N3O2. The first-order valence-electron chi connectivity index (χ1n) is 9.43. The molecule has 0 fully saturated rings. The lowest BCUT2D eigenvalue weighted by molar-refractivity contribution is 0.0949. The summed E-state index contributed by atoms with van der Waals surface area (Å²) in [7, 11) is 0. The van der Waals surface area contributed by atoms with Crippen LogP contribution in [0.5, 0.6) is 0 Å². The molecular weight excluding hydrogens is 362 g/mol. The highest BCUT2D eigenvalue weighted by molar-refractivity contribution is 6.07. The zero-order valence-electron chi connectivity index (χ0n) is 15.8. The molecule has 0 spiro atoms. The Labute approximate surface area is 169 Å². The smallest absolute Gasteiger partial charge is 0.258 e. The molecule has 0 bridgehead atoms. The van der Waals surface area contributed by atoms with Gasteiger partial charge in [-0.2, -0.15) is 5.26 Å². The van der Waals surface area contributed by atoms with Crippen LogP contribution < -0.4 is 10.2 Å². The van der Waals surface area contributed by atoms with Crippen LogP contribution in [0.3, 0.4) is 0 Å². The van der Waals surface area contributed by atoms with Gasteiger partial charge in [-0.25, -0.2) is 0 Å². The number of hydrogen-bond donors (Lipinski definition) is 1. The van der Waals surface area contributed by atoms with Crippen molar-refractivity contribution >= 4 is 17.5 Å². The number of anilines is 1. The number of nitrogens with zero attached hydrogens (tertiary/aromatic N) is 2. The quantitative estimate of drug-likeness (QED) is 0.749. The highest BCUT2D eigenvalue weighted by Crippen LogP contribution is 2.30. The first-order chi connectivity index (χ1) is 14.2. The van der Waals surface area contributed by atoms with Crippen LogP contribution in [0.25, 0.3) is 0 Å². The lowest BCUT2D eigenvalue weighted by Gasteiger charge is -2.18. The lowest BCUT2D eigenvalue weighted by Crippen LogP contribution is -2.29. The Morgan fingerprint density at radius 3 is 2.45 bits per heavy atom. The van der Waals surface area contributed by atoms with Crippen LogP contribution in [-0.4, -0.2) is 18.4 Å². The van der Waals surface area contributed by atoms with Gasteiger partial charge in [0.15, 0.2) is 0 Å². The van der Waals surface area contributed by atoms with Crippen molar-refractivity contribution in [3.05, 3.63) is 101 Å². The second kappa shape index (κ2) is 7.99. The van der Waals surface area contributed by atoms with Crippen LogP contribution >= 0.6 is 0 Å². The van der Waals surface area contributed by atoms with E-state index in [9.17, 15) is 9.59 Å². The average Bonchev–Trinajstić information content (AvgIpc) is 3.21. The van der Waals surface area contributed by atoms with E-state index in [1.165, 1.54) is 0 Å². The number of carbonyl (C=O) groups is 2. The van der Waals surface area contributed by atoms with E-state index >= 15 is 0 Å². The molecule has 0 atom stereocenters. The maximum atomic E-state index is 12.9. The van der Waals surface area contributed by atoms with Crippen LogP contribution in [0.15, 0.2) is 72.8 Å². The fraction of sp³-hybridized carbons (Fsp3) is 0.125. The molecule has 4 rings (SSSR count). The largest absolute Gasteiger partial charge is 0.348 e. The van der Waals surface area contributed by atoms with Crippen molar-refractivity contribution in [2.24, 2.45) is 0 Å². The molecule has 1 heterocycles. The van der Waals surface area contributed by atoms with E-state index in [1.54, 1.807) is 29.2 Å². The predicted octanol–water partition coefficient (Wildman–Crippen LogP) is 3.69. The van der Waals surface area contributed by atoms with Gasteiger partial charge in [-0.1, -0.05) is 30.3 Å². The summed E-state index contributed by atoms with van der Waals surface area (Å²) in [4.78, 5) is 27.0. The second-order valence-electron chi connectivity index (χ2n) is 6.91. The third kappa shape index (κ3) is 3.87. The van der Waals surface area contributed by atoms with Crippen molar-refractivity contribution in [1.82, 2.24) is 5.32 Å². The Bertz CT molecular complexity index is 1100. The molecule has 0 saturated carbocycles. The summed E-state index contributed by atoms with van der Waals surface area (Å²) in [6, 6.07) is 23.8. The molecule has 29 heavy (non-hydrogen) atoms. The van der Waals surface area contributed by atoms with Crippen molar-refractivity contribution in [3.63, 3.8) is 0 Å². The summed E-state index contributed by atoms with van der Waals surface area (Å²) in [5.74, 6) is -0.213. The van der Waals surface area contributed by atoms with Gasteiger partial charge in [-0.15, -0.1) is 0 Å². The van der Waals surface area contributed by atoms with Gasteiger partial charge in [0.1, 0.15) is 0 Å². The minimum atomic E-state index is -0.202. The lowest BCUT2D eigenvalue weighted by atomic mass is 10.1. The summed E-state index contributed by atoms with van der Waals surface area (Å²) < 4.78 is 0. The SMILES string of the molecule is N#Cc1ccc(C(=O)NCc2ccc3c(c2)N(C(=O)c2ccccc2)CC3)cc1. The first-order valence-corrected chi connectivity index (χ1v) is 9.43. The number of rotatable bonds is 4. The molecule has 0 aromatic heterocycles. The highest BCUT2D eigenvalue weighted by Gasteiger charge is 2.25. The van der Waals surface area contributed by atoms with Crippen LogP contribution in [0.2, 0.25) is 0 Å².